The largest absolute Gasteiger partial charge is 0.145 e. The summed E-state index contributed by atoms with van der Waals surface area (Å²) >= 11 is 5.15. The van der Waals surface area contributed by atoms with Crippen molar-refractivity contribution in [2.75, 3.05) is 0 Å². The third kappa shape index (κ3) is 0.490. The van der Waals surface area contributed by atoms with Gasteiger partial charge in [-0.3, -0.25) is 0 Å². The fourth-order valence-corrected chi connectivity index (χ4v) is 0.300. The van der Waals surface area contributed by atoms with Crippen molar-refractivity contribution in [1.29, 1.82) is 0 Å². The van der Waals surface area contributed by atoms with Crippen molar-refractivity contribution in [3.63, 3.8) is 0 Å². The van der Waals surface area contributed by atoms with Gasteiger partial charge >= 0.3 is 0 Å². The van der Waals surface area contributed by atoms with Crippen LogP contribution in [0.1, 0.15) is 0 Å². The van der Waals surface area contributed by atoms with E-state index in [0.717, 1.165) is 4.32 Å². The van der Waals surface area contributed by atoms with Crippen LogP contribution in [0, 0.1) is 0 Å². The van der Waals surface area contributed by atoms with E-state index in [1.165, 1.54) is 12.4 Å². The molecule has 0 aliphatic carbocycles. The van der Waals surface area contributed by atoms with Crippen molar-refractivity contribution in [2.45, 2.75) is 0 Å². The maximum atomic E-state index is 5.15. The number of nitrogens with zero attached hydrogens (tertiary/aromatic N) is 3. The van der Waals surface area contributed by atoms with Gasteiger partial charge in [0.25, 0.3) is 0 Å². The summed E-state index contributed by atoms with van der Waals surface area (Å²) in [6.45, 7) is 0. The SMILES string of the molecule is Cln1nccn1. The van der Waals surface area contributed by atoms with Gasteiger partial charge in [-0.2, -0.15) is 0 Å². The summed E-state index contributed by atoms with van der Waals surface area (Å²) in [5, 5.41) is 6.98. The van der Waals surface area contributed by atoms with Crippen LogP contribution in [0.3, 0.4) is 0 Å². The summed E-state index contributed by atoms with van der Waals surface area (Å²) in [5.74, 6) is 0. The highest BCUT2D eigenvalue weighted by Gasteiger charge is 1.74. The predicted molar refractivity (Wildman–Crippen MR) is 21.3 cm³/mol. The molecule has 32 valence electrons. The lowest BCUT2D eigenvalue weighted by Gasteiger charge is -1.69. The molecule has 0 N–H and O–H groups in total. The molecule has 1 heterocycles. The highest BCUT2D eigenvalue weighted by Crippen LogP contribution is 1.74. The Morgan fingerprint density at radius 2 is 1.83 bits per heavy atom. The summed E-state index contributed by atoms with van der Waals surface area (Å²) in [5.41, 5.74) is 0. The van der Waals surface area contributed by atoms with Crippen molar-refractivity contribution >= 4 is 11.8 Å². The third-order valence-corrected chi connectivity index (χ3v) is 0.565. The van der Waals surface area contributed by atoms with Crippen LogP contribution in [-0.2, 0) is 0 Å². The van der Waals surface area contributed by atoms with Crippen molar-refractivity contribution in [3.05, 3.63) is 12.4 Å². The molecule has 0 spiro atoms. The number of halogens is 1. The Kier molecular flexibility index (Phi) is 0.759. The zero-order chi connectivity index (χ0) is 4.41. The van der Waals surface area contributed by atoms with Crippen molar-refractivity contribution in [3.8, 4) is 0 Å². The van der Waals surface area contributed by atoms with Gasteiger partial charge in [-0.15, -0.1) is 10.2 Å². The van der Waals surface area contributed by atoms with Gasteiger partial charge in [0.15, 0.2) is 0 Å². The quantitative estimate of drug-likeness (QED) is 0.472. The minimum absolute atomic E-state index is 0.972. The minimum Gasteiger partial charge on any atom is -0.145 e. The molecule has 6 heavy (non-hydrogen) atoms. The van der Waals surface area contributed by atoms with Gasteiger partial charge in [-0.25, -0.2) is 0 Å². The van der Waals surface area contributed by atoms with E-state index in [2.05, 4.69) is 10.2 Å². The Balaban J connectivity index is 3.05. The molecule has 0 fully saturated rings. The Morgan fingerprint density at radius 3 is 2.00 bits per heavy atom. The first kappa shape index (κ1) is 3.61. The van der Waals surface area contributed by atoms with E-state index in [4.69, 9.17) is 11.8 Å². The molecule has 1 aromatic rings. The second kappa shape index (κ2) is 1.26. The van der Waals surface area contributed by atoms with Crippen LogP contribution in [-0.4, -0.2) is 14.5 Å². The highest BCUT2D eigenvalue weighted by atomic mass is 35.5. The molecule has 4 heteroatoms. The van der Waals surface area contributed by atoms with E-state index >= 15 is 0 Å². The molecule has 0 saturated heterocycles. The van der Waals surface area contributed by atoms with Crippen LogP contribution in [0.4, 0.5) is 0 Å². The monoisotopic (exact) mass is 103 g/mol. The molecular formula is C2H2ClN3. The molecule has 3 nitrogen and oxygen atoms in total. The first-order valence-electron chi connectivity index (χ1n) is 1.42. The topological polar surface area (TPSA) is 30.7 Å². The number of aromatic nitrogens is 3. The standard InChI is InChI=1S/C2H2ClN3/c3-6-4-1-2-5-6/h1-2H. The molecule has 0 bridgehead atoms. The Morgan fingerprint density at radius 1 is 1.33 bits per heavy atom. The lowest BCUT2D eigenvalue weighted by Crippen LogP contribution is -1.80. The molecule has 0 amide bonds. The molecular weight excluding hydrogens is 101 g/mol. The minimum atomic E-state index is 0.972. The van der Waals surface area contributed by atoms with Gasteiger partial charge in [-0.1, -0.05) is 4.32 Å². The number of hydrogen-bond donors (Lipinski definition) is 0. The fourth-order valence-electron chi connectivity index (χ4n) is 0.199. The molecule has 0 atom stereocenters. The summed E-state index contributed by atoms with van der Waals surface area (Å²) in [6, 6.07) is 0. The van der Waals surface area contributed by atoms with Gasteiger partial charge in [0.05, 0.1) is 24.2 Å². The van der Waals surface area contributed by atoms with E-state index < -0.39 is 0 Å². The summed E-state index contributed by atoms with van der Waals surface area (Å²) in [6.07, 6.45) is 3.01. The zero-order valence-electron chi connectivity index (χ0n) is 2.87. The van der Waals surface area contributed by atoms with Gasteiger partial charge in [0, 0.05) is 0 Å². The lowest BCUT2D eigenvalue weighted by atomic mass is 11.0. The predicted octanol–water partition coefficient (Wildman–Crippen LogP) is 0.280. The summed E-state index contributed by atoms with van der Waals surface area (Å²) in [4.78, 5) is 0. The Hall–Kier alpha value is -0.570. The van der Waals surface area contributed by atoms with Crippen LogP contribution < -0.4 is 0 Å². The van der Waals surface area contributed by atoms with Crippen LogP contribution in [0.5, 0.6) is 0 Å². The molecule has 0 aliphatic rings. The average molecular weight is 104 g/mol. The van der Waals surface area contributed by atoms with E-state index in [-0.39, 0.29) is 0 Å². The molecule has 0 radical (unpaired) electrons. The average Bonchev–Trinajstić information content (AvgIpc) is 1.86. The third-order valence-electron chi connectivity index (χ3n) is 0.391. The maximum absolute atomic E-state index is 5.15. The molecule has 0 unspecified atom stereocenters. The van der Waals surface area contributed by atoms with Gasteiger partial charge in [-0.05, 0) is 0 Å². The maximum Gasteiger partial charge on any atom is 0.0708 e. The molecule has 0 saturated carbocycles. The Bertz CT molecular complexity index is 112. The van der Waals surface area contributed by atoms with Gasteiger partial charge in [0.2, 0.25) is 0 Å². The number of hydrogen-bond acceptors (Lipinski definition) is 2. The van der Waals surface area contributed by atoms with E-state index in [1.54, 1.807) is 0 Å². The van der Waals surface area contributed by atoms with Crippen molar-refractivity contribution in [2.24, 2.45) is 0 Å². The first-order chi connectivity index (χ1) is 2.89. The second-order valence-corrected chi connectivity index (χ2v) is 1.07. The van der Waals surface area contributed by atoms with E-state index in [9.17, 15) is 0 Å². The van der Waals surface area contributed by atoms with E-state index in [1.807, 2.05) is 0 Å². The zero-order valence-corrected chi connectivity index (χ0v) is 3.63. The number of rotatable bonds is 0. The van der Waals surface area contributed by atoms with Crippen molar-refractivity contribution in [1.82, 2.24) is 14.5 Å². The highest BCUT2D eigenvalue weighted by molar-refractivity contribution is 6.13. The summed E-state index contributed by atoms with van der Waals surface area (Å²) in [7, 11) is 0. The van der Waals surface area contributed by atoms with Crippen LogP contribution in [0.25, 0.3) is 0 Å². The summed E-state index contributed by atoms with van der Waals surface area (Å²) < 4.78 is 0.972. The first-order valence-corrected chi connectivity index (χ1v) is 1.76. The van der Waals surface area contributed by atoms with Gasteiger partial charge < -0.3 is 0 Å². The molecule has 1 aromatic heterocycles. The van der Waals surface area contributed by atoms with Gasteiger partial charge in [0.1, 0.15) is 0 Å². The molecule has 0 aromatic carbocycles. The molecule has 0 aliphatic heterocycles. The van der Waals surface area contributed by atoms with E-state index in [0.29, 0.717) is 0 Å². The second-order valence-electron chi connectivity index (χ2n) is 0.770. The Labute approximate surface area is 39.6 Å². The molecule has 1 rings (SSSR count). The van der Waals surface area contributed by atoms with Crippen LogP contribution in [0.15, 0.2) is 12.4 Å². The fraction of sp³-hybridized carbons (Fsp3) is 0. The van der Waals surface area contributed by atoms with Crippen LogP contribution in [0.2, 0.25) is 0 Å². The normalized spacial score (nSPS) is 8.83. The van der Waals surface area contributed by atoms with Crippen molar-refractivity contribution < 1.29 is 0 Å². The lowest BCUT2D eigenvalue weighted by molar-refractivity contribution is 0.848. The van der Waals surface area contributed by atoms with Crippen LogP contribution >= 0.6 is 11.8 Å². The smallest absolute Gasteiger partial charge is 0.0708 e.